The summed E-state index contributed by atoms with van der Waals surface area (Å²) in [6.07, 6.45) is -2.52. The summed E-state index contributed by atoms with van der Waals surface area (Å²) in [4.78, 5) is 25.3. The van der Waals surface area contributed by atoms with E-state index in [0.717, 1.165) is 0 Å². The topological polar surface area (TPSA) is 126 Å². The third kappa shape index (κ3) is 3.67. The number of hydrogen-bond donors (Lipinski definition) is 2. The molecule has 8 nitrogen and oxygen atoms in total. The Morgan fingerprint density at radius 1 is 0.886 bits per heavy atom. The number of esters is 2. The standard InChI is InChI=1S/C27H21NO7/c28-15-19-13-7-8-14-20(19)22-26(31)23(34-25(30)18-11-5-2-6-12-18)21(35-27(22,26)32)16-33-24(29)17-9-3-1-4-10-17/h1-14,21-23,31-32H,16H2/t21-,22?,23-,26+,27?/m1/s1. The van der Waals surface area contributed by atoms with Crippen molar-refractivity contribution in [2.75, 3.05) is 6.61 Å². The maximum atomic E-state index is 12.9. The summed E-state index contributed by atoms with van der Waals surface area (Å²) in [6, 6.07) is 25.0. The first-order valence-corrected chi connectivity index (χ1v) is 11.0. The second kappa shape index (κ2) is 8.64. The number of fused-ring (bicyclic) bond motifs is 1. The van der Waals surface area contributed by atoms with Crippen LogP contribution in [0.25, 0.3) is 0 Å². The van der Waals surface area contributed by atoms with Crippen LogP contribution in [0.5, 0.6) is 0 Å². The van der Waals surface area contributed by atoms with Crippen LogP contribution in [0.15, 0.2) is 84.9 Å². The van der Waals surface area contributed by atoms with Gasteiger partial charge < -0.3 is 24.4 Å². The van der Waals surface area contributed by atoms with Gasteiger partial charge in [-0.05, 0) is 35.9 Å². The molecule has 0 bridgehead atoms. The van der Waals surface area contributed by atoms with Gasteiger partial charge in [-0.25, -0.2) is 9.59 Å². The van der Waals surface area contributed by atoms with Crippen molar-refractivity contribution in [2.24, 2.45) is 0 Å². The van der Waals surface area contributed by atoms with Crippen LogP contribution >= 0.6 is 0 Å². The molecular formula is C27H21NO7. The van der Waals surface area contributed by atoms with Gasteiger partial charge >= 0.3 is 11.9 Å². The predicted molar refractivity (Wildman–Crippen MR) is 121 cm³/mol. The van der Waals surface area contributed by atoms with Crippen LogP contribution in [-0.4, -0.2) is 52.4 Å². The third-order valence-electron chi connectivity index (χ3n) is 6.45. The Labute approximate surface area is 200 Å². The smallest absolute Gasteiger partial charge is 0.338 e. The molecule has 1 heterocycles. The minimum absolute atomic E-state index is 0.237. The van der Waals surface area contributed by atoms with E-state index < -0.39 is 41.5 Å². The van der Waals surface area contributed by atoms with Crippen molar-refractivity contribution in [2.45, 2.75) is 29.5 Å². The van der Waals surface area contributed by atoms with Gasteiger partial charge in [0.2, 0.25) is 5.79 Å². The highest BCUT2D eigenvalue weighted by atomic mass is 16.7. The van der Waals surface area contributed by atoms with Gasteiger partial charge in [0.25, 0.3) is 0 Å². The molecule has 1 aliphatic carbocycles. The molecule has 3 aromatic rings. The van der Waals surface area contributed by atoms with Crippen LogP contribution in [-0.2, 0) is 14.2 Å². The number of nitrogens with zero attached hydrogens (tertiary/aromatic N) is 1. The van der Waals surface area contributed by atoms with E-state index in [2.05, 4.69) is 0 Å². The average Bonchev–Trinajstić information content (AvgIpc) is 3.30. The number of carbonyl (C=O) groups excluding carboxylic acids is 2. The lowest BCUT2D eigenvalue weighted by Crippen LogP contribution is -2.43. The van der Waals surface area contributed by atoms with Crippen LogP contribution in [0.4, 0.5) is 0 Å². The summed E-state index contributed by atoms with van der Waals surface area (Å²) < 4.78 is 16.8. The molecule has 0 radical (unpaired) electrons. The number of carbonyl (C=O) groups is 2. The number of ether oxygens (including phenoxy) is 3. The predicted octanol–water partition coefficient (Wildman–Crippen LogP) is 2.56. The van der Waals surface area contributed by atoms with Gasteiger partial charge in [0.15, 0.2) is 11.7 Å². The molecule has 2 N–H and O–H groups in total. The molecule has 176 valence electrons. The normalized spacial score (nSPS) is 28.4. The number of hydrogen-bond acceptors (Lipinski definition) is 8. The summed E-state index contributed by atoms with van der Waals surface area (Å²) >= 11 is 0. The van der Waals surface area contributed by atoms with Crippen molar-refractivity contribution in [1.29, 1.82) is 5.26 Å². The zero-order valence-corrected chi connectivity index (χ0v) is 18.4. The number of rotatable bonds is 6. The Kier molecular flexibility index (Phi) is 5.61. The first kappa shape index (κ1) is 22.7. The quantitative estimate of drug-likeness (QED) is 0.526. The maximum Gasteiger partial charge on any atom is 0.338 e. The number of benzene rings is 3. The molecule has 1 saturated heterocycles. The van der Waals surface area contributed by atoms with Crippen molar-refractivity contribution in [3.05, 3.63) is 107 Å². The Morgan fingerprint density at radius 3 is 2.09 bits per heavy atom. The summed E-state index contributed by atoms with van der Waals surface area (Å²) in [7, 11) is 0. The lowest BCUT2D eigenvalue weighted by atomic mass is 9.97. The molecule has 2 unspecified atom stereocenters. The molecule has 5 atom stereocenters. The lowest BCUT2D eigenvalue weighted by molar-refractivity contribution is -0.162. The second-order valence-corrected chi connectivity index (χ2v) is 8.47. The SMILES string of the molecule is N#Cc1ccccc1C1C2(O)O[C@H](COC(=O)c3ccccc3)[C@@H](OC(=O)c3ccccc3)[C@@]12O. The Balaban J connectivity index is 1.43. The molecule has 3 aromatic carbocycles. The van der Waals surface area contributed by atoms with Crippen molar-refractivity contribution in [3.63, 3.8) is 0 Å². The minimum atomic E-state index is -2.13. The zero-order chi connectivity index (χ0) is 24.6. The summed E-state index contributed by atoms with van der Waals surface area (Å²) in [5, 5.41) is 32.3. The van der Waals surface area contributed by atoms with Crippen molar-refractivity contribution >= 4 is 11.9 Å². The highest BCUT2D eigenvalue weighted by molar-refractivity contribution is 5.90. The van der Waals surface area contributed by atoms with E-state index in [1.165, 1.54) is 0 Å². The minimum Gasteiger partial charge on any atom is -0.459 e. The molecule has 1 saturated carbocycles. The van der Waals surface area contributed by atoms with Gasteiger partial charge in [-0.3, -0.25) is 0 Å². The fourth-order valence-corrected chi connectivity index (χ4v) is 4.70. The van der Waals surface area contributed by atoms with E-state index in [1.807, 2.05) is 6.07 Å². The van der Waals surface area contributed by atoms with E-state index in [-0.39, 0.29) is 17.7 Å². The lowest BCUT2D eigenvalue weighted by Gasteiger charge is -2.26. The fourth-order valence-electron chi connectivity index (χ4n) is 4.70. The Bertz CT molecular complexity index is 1310. The van der Waals surface area contributed by atoms with Gasteiger partial charge in [0.05, 0.1) is 28.7 Å². The van der Waals surface area contributed by atoms with Gasteiger partial charge in [0, 0.05) is 0 Å². The van der Waals surface area contributed by atoms with E-state index >= 15 is 0 Å². The number of nitriles is 1. The van der Waals surface area contributed by atoms with E-state index in [4.69, 9.17) is 14.2 Å². The molecular weight excluding hydrogens is 450 g/mol. The molecule has 35 heavy (non-hydrogen) atoms. The first-order chi connectivity index (χ1) is 16.9. The first-order valence-electron chi connectivity index (χ1n) is 11.0. The Morgan fingerprint density at radius 2 is 1.46 bits per heavy atom. The summed E-state index contributed by atoms with van der Waals surface area (Å²) in [6.45, 7) is -0.377. The third-order valence-corrected chi connectivity index (χ3v) is 6.45. The van der Waals surface area contributed by atoms with Gasteiger partial charge in [-0.1, -0.05) is 54.6 Å². The summed E-state index contributed by atoms with van der Waals surface area (Å²) in [5.41, 5.74) is -0.889. The van der Waals surface area contributed by atoms with Crippen molar-refractivity contribution in [1.82, 2.24) is 0 Å². The fraction of sp³-hybridized carbons (Fsp3) is 0.222. The van der Waals surface area contributed by atoms with E-state index in [9.17, 15) is 25.1 Å². The maximum absolute atomic E-state index is 12.9. The van der Waals surface area contributed by atoms with Crippen molar-refractivity contribution < 1.29 is 34.0 Å². The van der Waals surface area contributed by atoms with Crippen LogP contribution in [0.3, 0.4) is 0 Å². The van der Waals surface area contributed by atoms with Crippen LogP contribution in [0.2, 0.25) is 0 Å². The highest BCUT2D eigenvalue weighted by Crippen LogP contribution is 2.69. The van der Waals surface area contributed by atoms with E-state index in [1.54, 1.807) is 84.9 Å². The Hall–Kier alpha value is -4.03. The molecule has 0 spiro atoms. The van der Waals surface area contributed by atoms with Gasteiger partial charge in [-0.2, -0.15) is 5.26 Å². The van der Waals surface area contributed by atoms with Crippen LogP contribution < -0.4 is 0 Å². The van der Waals surface area contributed by atoms with Crippen molar-refractivity contribution in [3.8, 4) is 6.07 Å². The molecule has 2 fully saturated rings. The molecule has 0 aromatic heterocycles. The average molecular weight is 471 g/mol. The second-order valence-electron chi connectivity index (χ2n) is 8.47. The molecule has 8 heteroatoms. The molecule has 0 amide bonds. The largest absolute Gasteiger partial charge is 0.459 e. The monoisotopic (exact) mass is 471 g/mol. The van der Waals surface area contributed by atoms with E-state index in [0.29, 0.717) is 11.1 Å². The van der Waals surface area contributed by atoms with Crippen LogP contribution in [0.1, 0.15) is 37.8 Å². The number of aliphatic hydroxyl groups is 2. The zero-order valence-electron chi connectivity index (χ0n) is 18.4. The highest BCUT2D eigenvalue weighted by Gasteiger charge is 2.89. The van der Waals surface area contributed by atoms with Crippen LogP contribution in [0, 0.1) is 11.3 Å². The summed E-state index contributed by atoms with van der Waals surface area (Å²) in [5.74, 6) is -4.55. The van der Waals surface area contributed by atoms with Gasteiger partial charge in [0.1, 0.15) is 12.7 Å². The molecule has 5 rings (SSSR count). The molecule has 2 aliphatic rings. The van der Waals surface area contributed by atoms with Gasteiger partial charge in [-0.15, -0.1) is 0 Å². The molecule has 1 aliphatic heterocycles.